The first-order valence-corrected chi connectivity index (χ1v) is 5.36. The van der Waals surface area contributed by atoms with Crippen LogP contribution in [-0.4, -0.2) is 11.1 Å². The summed E-state index contributed by atoms with van der Waals surface area (Å²) in [7, 11) is 0. The molecule has 1 N–H and O–H groups in total. The molecule has 0 aromatic carbocycles. The molecule has 1 heterocycles. The average Bonchev–Trinajstić information content (AvgIpc) is 2.92. The molecule has 0 fully saturated rings. The molecule has 0 radical (unpaired) electrons. The summed E-state index contributed by atoms with van der Waals surface area (Å²) in [5.41, 5.74) is 0. The first-order chi connectivity index (χ1) is 6.79. The lowest BCUT2D eigenvalue weighted by atomic mass is 10.1. The molecule has 14 heavy (non-hydrogen) atoms. The topological polar surface area (TPSA) is 49.8 Å². The third-order valence-electron chi connectivity index (χ3n) is 2.35. The molecule has 0 amide bonds. The van der Waals surface area contributed by atoms with E-state index >= 15 is 0 Å². The first-order valence-electron chi connectivity index (χ1n) is 5.36. The highest BCUT2D eigenvalue weighted by Crippen LogP contribution is 2.21. The number of aliphatic carboxylic acids is 1. The van der Waals surface area contributed by atoms with Gasteiger partial charge in [-0.1, -0.05) is 25.7 Å². The van der Waals surface area contributed by atoms with Crippen molar-refractivity contribution in [3.05, 3.63) is 12.0 Å². The zero-order chi connectivity index (χ0) is 10.2. The molecule has 3 heteroatoms. The molecule has 0 aromatic heterocycles. The second-order valence-electron chi connectivity index (χ2n) is 3.72. The highest BCUT2D eigenvalue weighted by molar-refractivity contribution is 5.66. The molecule has 0 spiro atoms. The van der Waals surface area contributed by atoms with Crippen LogP contribution in [0.25, 0.3) is 0 Å². The summed E-state index contributed by atoms with van der Waals surface area (Å²) in [5, 5.41) is 8.40. The zero-order valence-electron chi connectivity index (χ0n) is 8.50. The van der Waals surface area contributed by atoms with Gasteiger partial charge < -0.3 is 9.84 Å². The number of allylic oxidation sites excluding steroid dienone is 1. The van der Waals surface area contributed by atoms with Gasteiger partial charge in [0.1, 0.15) is 12.0 Å². The zero-order valence-corrected chi connectivity index (χ0v) is 8.50. The minimum atomic E-state index is -0.678. The van der Waals surface area contributed by atoms with Crippen molar-refractivity contribution < 1.29 is 14.6 Å². The van der Waals surface area contributed by atoms with Crippen molar-refractivity contribution in [3.63, 3.8) is 0 Å². The van der Waals surface area contributed by atoms with Gasteiger partial charge in [-0.05, 0) is 12.8 Å². The van der Waals surface area contributed by atoms with Crippen LogP contribution in [0.4, 0.5) is 0 Å². The van der Waals surface area contributed by atoms with E-state index in [1.807, 2.05) is 0 Å². The molecular weight excluding hydrogens is 180 g/mol. The van der Waals surface area contributed by atoms with E-state index in [0.29, 0.717) is 6.42 Å². The van der Waals surface area contributed by atoms with Gasteiger partial charge in [-0.25, -0.2) is 0 Å². The van der Waals surface area contributed by atoms with Crippen molar-refractivity contribution in [2.75, 3.05) is 0 Å². The van der Waals surface area contributed by atoms with Crippen molar-refractivity contribution in [2.24, 2.45) is 0 Å². The molecular formula is C11H18O3. The second kappa shape index (κ2) is 6.46. The van der Waals surface area contributed by atoms with Crippen LogP contribution in [0.2, 0.25) is 0 Å². The van der Waals surface area contributed by atoms with Gasteiger partial charge in [-0.15, -0.1) is 0 Å². The van der Waals surface area contributed by atoms with Gasteiger partial charge >= 0.3 is 5.97 Å². The number of rotatable bonds is 9. The summed E-state index contributed by atoms with van der Waals surface area (Å²) in [6, 6.07) is 0. The van der Waals surface area contributed by atoms with Crippen molar-refractivity contribution in [1.82, 2.24) is 0 Å². The van der Waals surface area contributed by atoms with Gasteiger partial charge in [0.15, 0.2) is 0 Å². The summed E-state index contributed by atoms with van der Waals surface area (Å²) in [4.78, 5) is 10.2. The lowest BCUT2D eigenvalue weighted by Crippen LogP contribution is -1.93. The van der Waals surface area contributed by atoms with Crippen LogP contribution < -0.4 is 0 Å². The lowest BCUT2D eigenvalue weighted by molar-refractivity contribution is -0.137. The van der Waals surface area contributed by atoms with Gasteiger partial charge in [0.2, 0.25) is 0 Å². The molecule has 0 atom stereocenters. The van der Waals surface area contributed by atoms with Gasteiger partial charge in [0.05, 0.1) is 0 Å². The minimum absolute atomic E-state index is 0.320. The third kappa shape index (κ3) is 6.52. The standard InChI is InChI=1S/C11H18O3/c12-11(13)8-6-4-2-1-3-5-7-10-9-14-10/h9H,1-8H2,(H,12,13). The van der Waals surface area contributed by atoms with Crippen LogP contribution in [0.3, 0.4) is 0 Å². The Morgan fingerprint density at radius 1 is 1.14 bits per heavy atom. The lowest BCUT2D eigenvalue weighted by Gasteiger charge is -1.98. The quantitative estimate of drug-likeness (QED) is 0.579. The molecule has 0 aromatic rings. The highest BCUT2D eigenvalue weighted by atomic mass is 16.5. The van der Waals surface area contributed by atoms with Crippen LogP contribution in [0.5, 0.6) is 0 Å². The number of carboxylic acids is 1. The summed E-state index contributed by atoms with van der Waals surface area (Å²) >= 11 is 0. The van der Waals surface area contributed by atoms with E-state index in [1.165, 1.54) is 19.3 Å². The monoisotopic (exact) mass is 198 g/mol. The molecule has 1 aliphatic rings. The van der Waals surface area contributed by atoms with Gasteiger partial charge in [-0.2, -0.15) is 0 Å². The molecule has 80 valence electrons. The van der Waals surface area contributed by atoms with Crippen LogP contribution >= 0.6 is 0 Å². The predicted molar refractivity (Wildman–Crippen MR) is 53.7 cm³/mol. The largest absolute Gasteiger partial charge is 0.481 e. The molecule has 1 aliphatic heterocycles. The van der Waals surface area contributed by atoms with E-state index in [-0.39, 0.29) is 0 Å². The van der Waals surface area contributed by atoms with Crippen LogP contribution in [-0.2, 0) is 9.53 Å². The maximum absolute atomic E-state index is 10.2. The predicted octanol–water partition coefficient (Wildman–Crippen LogP) is 3.06. The van der Waals surface area contributed by atoms with Crippen molar-refractivity contribution in [3.8, 4) is 0 Å². The maximum Gasteiger partial charge on any atom is 0.303 e. The van der Waals surface area contributed by atoms with Crippen molar-refractivity contribution >= 4 is 5.97 Å². The molecule has 3 nitrogen and oxygen atoms in total. The smallest absolute Gasteiger partial charge is 0.303 e. The Morgan fingerprint density at radius 3 is 2.29 bits per heavy atom. The molecule has 0 bridgehead atoms. The Balaban J connectivity index is 1.70. The molecule has 0 aliphatic carbocycles. The normalized spacial score (nSPS) is 13.3. The van der Waals surface area contributed by atoms with Crippen LogP contribution in [0.1, 0.15) is 51.4 Å². The first kappa shape index (κ1) is 11.1. The van der Waals surface area contributed by atoms with E-state index in [1.54, 1.807) is 6.26 Å². The van der Waals surface area contributed by atoms with E-state index in [2.05, 4.69) is 0 Å². The number of hydrogen-bond acceptors (Lipinski definition) is 2. The maximum atomic E-state index is 10.2. The number of carbonyl (C=O) groups is 1. The number of unbranched alkanes of at least 4 members (excludes halogenated alkanes) is 5. The Hall–Kier alpha value is -0.990. The average molecular weight is 198 g/mol. The number of hydrogen-bond donors (Lipinski definition) is 1. The highest BCUT2D eigenvalue weighted by Gasteiger charge is 2.07. The molecule has 0 saturated heterocycles. The molecule has 0 unspecified atom stereocenters. The summed E-state index contributed by atoms with van der Waals surface area (Å²) < 4.78 is 4.91. The van der Waals surface area contributed by atoms with Gasteiger partial charge in [-0.3, -0.25) is 4.79 Å². The Bertz CT molecular complexity index is 201. The Labute approximate surface area is 84.8 Å². The van der Waals surface area contributed by atoms with Gasteiger partial charge in [0, 0.05) is 12.8 Å². The van der Waals surface area contributed by atoms with E-state index in [9.17, 15) is 4.79 Å². The van der Waals surface area contributed by atoms with Crippen LogP contribution in [0.15, 0.2) is 12.0 Å². The summed E-state index contributed by atoms with van der Waals surface area (Å²) in [5.74, 6) is 0.457. The second-order valence-corrected chi connectivity index (χ2v) is 3.72. The molecule has 1 rings (SSSR count). The number of carboxylic acid groups (broad SMARTS) is 1. The van der Waals surface area contributed by atoms with Crippen LogP contribution in [0, 0.1) is 0 Å². The fourth-order valence-corrected chi connectivity index (χ4v) is 1.44. The van der Waals surface area contributed by atoms with Crippen molar-refractivity contribution in [1.29, 1.82) is 0 Å². The summed E-state index contributed by atoms with van der Waals surface area (Å²) in [6.07, 6.45) is 9.87. The number of ether oxygens (including phenoxy) is 1. The minimum Gasteiger partial charge on any atom is -0.481 e. The van der Waals surface area contributed by atoms with E-state index in [4.69, 9.17) is 9.84 Å². The Morgan fingerprint density at radius 2 is 1.71 bits per heavy atom. The van der Waals surface area contributed by atoms with E-state index in [0.717, 1.165) is 31.4 Å². The Kier molecular flexibility index (Phi) is 5.12. The SMILES string of the molecule is O=C(O)CCCCCCCCC1=CO1. The summed E-state index contributed by atoms with van der Waals surface area (Å²) in [6.45, 7) is 0. The fourth-order valence-electron chi connectivity index (χ4n) is 1.44. The molecule has 0 saturated carbocycles. The van der Waals surface area contributed by atoms with Crippen molar-refractivity contribution in [2.45, 2.75) is 51.4 Å². The van der Waals surface area contributed by atoms with Gasteiger partial charge in [0.25, 0.3) is 0 Å². The fraction of sp³-hybridized carbons (Fsp3) is 0.727. The third-order valence-corrected chi connectivity index (χ3v) is 2.35. The van der Waals surface area contributed by atoms with E-state index < -0.39 is 5.97 Å².